The Morgan fingerprint density at radius 1 is 0.800 bits per heavy atom. The molecule has 2 bridgehead atoms. The van der Waals surface area contributed by atoms with Gasteiger partial charge in [-0.2, -0.15) is 0 Å². The number of carbonyl (C=O) groups is 3. The summed E-state index contributed by atoms with van der Waals surface area (Å²) in [6.45, 7) is 2.78. The van der Waals surface area contributed by atoms with Gasteiger partial charge in [0.05, 0.1) is 18.4 Å². The molecular weight excluding hydrogens is 547 g/mol. The van der Waals surface area contributed by atoms with E-state index in [2.05, 4.69) is 5.32 Å². The molecule has 3 aromatic rings. The molecule has 6 nitrogen and oxygen atoms in total. The van der Waals surface area contributed by atoms with Gasteiger partial charge in [-0.3, -0.25) is 19.3 Å². The number of halogens is 2. The molecule has 0 aromatic heterocycles. The maximum absolute atomic E-state index is 13.8. The average molecular weight is 578 g/mol. The van der Waals surface area contributed by atoms with Crippen LogP contribution in [0.15, 0.2) is 72.8 Å². The molecule has 8 heteroatoms. The van der Waals surface area contributed by atoms with Gasteiger partial charge in [-0.1, -0.05) is 55.0 Å². The number of unbranched alkanes of at least 4 members (excludes halogenated alkanes) is 2. The van der Waals surface area contributed by atoms with Gasteiger partial charge in [-0.25, -0.2) is 0 Å². The van der Waals surface area contributed by atoms with Crippen molar-refractivity contribution in [2.75, 3.05) is 18.5 Å². The number of anilines is 1. The molecule has 1 saturated heterocycles. The predicted octanol–water partition coefficient (Wildman–Crippen LogP) is 6.18. The van der Waals surface area contributed by atoms with Crippen LogP contribution in [0.4, 0.5) is 5.69 Å². The fourth-order valence-corrected chi connectivity index (χ4v) is 7.80. The lowest BCUT2D eigenvalue weighted by atomic mass is 9.54. The minimum atomic E-state index is -1.16. The standard InChI is InChI=1S/C32H30Cl2N2O4/c1-2-40-21-17-15-20(16-18-21)35-26(37)14-4-3-9-19-36-29(38)27-28(30(36)39)32(34)23-11-6-5-10-22(23)31(27,33)24-12-7-8-13-25(24)32/h5-8,10-13,15-18,27-28H,2-4,9,14,19H2,1H3,(H,35,37)/t27-,28-,31?,32?/m0/s1. The molecule has 1 heterocycles. The van der Waals surface area contributed by atoms with Crippen molar-refractivity contribution in [1.29, 1.82) is 0 Å². The van der Waals surface area contributed by atoms with E-state index in [0.717, 1.165) is 28.0 Å². The zero-order valence-corrected chi connectivity index (χ0v) is 23.7. The van der Waals surface area contributed by atoms with Crippen LogP contribution in [0.2, 0.25) is 0 Å². The lowest BCUT2D eigenvalue weighted by Crippen LogP contribution is -2.57. The fraction of sp³-hybridized carbons (Fsp3) is 0.344. The molecule has 1 aliphatic heterocycles. The normalized spacial score (nSPS) is 25.8. The van der Waals surface area contributed by atoms with Gasteiger partial charge in [-0.15, -0.1) is 23.2 Å². The van der Waals surface area contributed by atoms with E-state index in [1.165, 1.54) is 4.90 Å². The molecule has 0 spiro atoms. The summed E-state index contributed by atoms with van der Waals surface area (Å²) in [5.41, 5.74) is 3.91. The SMILES string of the molecule is CCOc1ccc(NC(=O)CCCCCN2C(=O)[C@@H]3[C@@H](C2=O)C2(Cl)c4ccccc4C3(Cl)c3ccccc32)cc1. The maximum atomic E-state index is 13.8. The van der Waals surface area contributed by atoms with Gasteiger partial charge in [0.25, 0.3) is 0 Å². The molecule has 3 amide bonds. The van der Waals surface area contributed by atoms with E-state index >= 15 is 0 Å². The van der Waals surface area contributed by atoms with Gasteiger partial charge in [0.1, 0.15) is 15.5 Å². The lowest BCUT2D eigenvalue weighted by molar-refractivity contribution is -0.140. The highest BCUT2D eigenvalue weighted by Gasteiger charge is 2.72. The van der Waals surface area contributed by atoms with Gasteiger partial charge >= 0.3 is 0 Å². The Hall–Kier alpha value is -3.35. The zero-order valence-electron chi connectivity index (χ0n) is 22.2. The van der Waals surface area contributed by atoms with E-state index in [-0.39, 0.29) is 24.3 Å². The van der Waals surface area contributed by atoms with Crippen LogP contribution >= 0.6 is 23.2 Å². The molecule has 40 heavy (non-hydrogen) atoms. The predicted molar refractivity (Wildman–Crippen MR) is 155 cm³/mol. The number of carbonyl (C=O) groups excluding carboxylic acids is 3. The third-order valence-electron chi connectivity index (χ3n) is 8.41. The molecule has 0 unspecified atom stereocenters. The number of hydrogen-bond donors (Lipinski definition) is 1. The van der Waals surface area contributed by atoms with Crippen molar-refractivity contribution in [1.82, 2.24) is 4.90 Å². The van der Waals surface area contributed by atoms with E-state index in [1.807, 2.05) is 79.7 Å². The number of benzene rings is 3. The average Bonchev–Trinajstić information content (AvgIpc) is 3.23. The van der Waals surface area contributed by atoms with Crippen molar-refractivity contribution >= 4 is 46.6 Å². The summed E-state index contributed by atoms with van der Waals surface area (Å²) >= 11 is 14.9. The second-order valence-corrected chi connectivity index (χ2v) is 11.8. The smallest absolute Gasteiger partial charge is 0.235 e. The number of hydrogen-bond acceptors (Lipinski definition) is 4. The van der Waals surface area contributed by atoms with Gasteiger partial charge < -0.3 is 10.1 Å². The van der Waals surface area contributed by atoms with E-state index in [0.29, 0.717) is 38.0 Å². The van der Waals surface area contributed by atoms with Crippen LogP contribution in [0.3, 0.4) is 0 Å². The van der Waals surface area contributed by atoms with Crippen LogP contribution in [0.25, 0.3) is 0 Å². The molecule has 1 N–H and O–H groups in total. The van der Waals surface area contributed by atoms with Crippen molar-refractivity contribution in [3.8, 4) is 5.75 Å². The van der Waals surface area contributed by atoms with Crippen molar-refractivity contribution < 1.29 is 19.1 Å². The zero-order chi connectivity index (χ0) is 28.1. The fourth-order valence-electron chi connectivity index (χ4n) is 6.70. The number of likely N-dealkylation sites (tertiary alicyclic amines) is 1. The Bertz CT molecular complexity index is 1370. The molecule has 0 radical (unpaired) electrons. The second kappa shape index (κ2) is 10.2. The largest absolute Gasteiger partial charge is 0.494 e. The summed E-state index contributed by atoms with van der Waals surface area (Å²) in [7, 11) is 0. The molecule has 0 saturated carbocycles. The molecule has 206 valence electrons. The summed E-state index contributed by atoms with van der Waals surface area (Å²) in [6, 6.07) is 22.5. The minimum Gasteiger partial charge on any atom is -0.494 e. The number of amides is 3. The van der Waals surface area contributed by atoms with Crippen molar-refractivity contribution in [2.45, 2.75) is 42.4 Å². The van der Waals surface area contributed by atoms with Crippen LogP contribution in [0.5, 0.6) is 5.75 Å². The monoisotopic (exact) mass is 576 g/mol. The molecule has 7 rings (SSSR count). The van der Waals surface area contributed by atoms with Crippen molar-refractivity contribution in [3.05, 3.63) is 95.1 Å². The highest BCUT2D eigenvalue weighted by Crippen LogP contribution is 2.69. The summed E-state index contributed by atoms with van der Waals surface area (Å²) in [6.07, 6.45) is 2.28. The summed E-state index contributed by atoms with van der Waals surface area (Å²) < 4.78 is 5.43. The highest BCUT2D eigenvalue weighted by atomic mass is 35.5. The van der Waals surface area contributed by atoms with E-state index in [4.69, 9.17) is 27.9 Å². The van der Waals surface area contributed by atoms with Crippen LogP contribution < -0.4 is 10.1 Å². The quantitative estimate of drug-likeness (QED) is 0.187. The second-order valence-electron chi connectivity index (χ2n) is 10.6. The lowest BCUT2D eigenvalue weighted by Gasteiger charge is -2.54. The molecule has 4 aliphatic rings. The van der Waals surface area contributed by atoms with Gasteiger partial charge in [0.15, 0.2) is 0 Å². The van der Waals surface area contributed by atoms with E-state index in [9.17, 15) is 14.4 Å². The summed E-state index contributed by atoms with van der Waals surface area (Å²) in [5.74, 6) is -1.41. The van der Waals surface area contributed by atoms with Crippen molar-refractivity contribution in [3.63, 3.8) is 0 Å². The maximum Gasteiger partial charge on any atom is 0.235 e. The van der Waals surface area contributed by atoms with Crippen LogP contribution in [-0.2, 0) is 24.1 Å². The summed E-state index contributed by atoms with van der Waals surface area (Å²) in [5, 5.41) is 2.89. The van der Waals surface area contributed by atoms with Gasteiger partial charge in [0.2, 0.25) is 17.7 Å². The number of nitrogens with one attached hydrogen (secondary N) is 1. The number of nitrogens with zero attached hydrogens (tertiary/aromatic N) is 1. The number of imide groups is 1. The molecule has 2 atom stereocenters. The third kappa shape index (κ3) is 3.95. The molecule has 1 fully saturated rings. The van der Waals surface area contributed by atoms with Crippen LogP contribution in [0, 0.1) is 11.8 Å². The highest BCUT2D eigenvalue weighted by molar-refractivity contribution is 6.36. The van der Waals surface area contributed by atoms with E-state index < -0.39 is 21.6 Å². The van der Waals surface area contributed by atoms with E-state index in [1.54, 1.807) is 0 Å². The van der Waals surface area contributed by atoms with Crippen molar-refractivity contribution in [2.24, 2.45) is 11.8 Å². The third-order valence-corrected chi connectivity index (χ3v) is 9.70. The Kier molecular flexibility index (Phi) is 6.87. The Labute approximate surface area is 243 Å². The number of ether oxygens (including phenoxy) is 1. The van der Waals surface area contributed by atoms with Crippen LogP contribution in [-0.4, -0.2) is 35.8 Å². The first kappa shape index (κ1) is 26.9. The Morgan fingerprint density at radius 3 is 1.77 bits per heavy atom. The molecule has 3 aliphatic carbocycles. The Morgan fingerprint density at radius 2 is 1.30 bits per heavy atom. The summed E-state index contributed by atoms with van der Waals surface area (Å²) in [4.78, 5) is 39.1. The van der Waals surface area contributed by atoms with Gasteiger partial charge in [0, 0.05) is 18.7 Å². The first-order valence-corrected chi connectivity index (χ1v) is 14.5. The molecule has 3 aromatic carbocycles. The first-order chi connectivity index (χ1) is 19.3. The minimum absolute atomic E-state index is 0.0798. The number of rotatable bonds is 9. The number of alkyl halides is 2. The Balaban J connectivity index is 1.12. The molecular formula is C32H30Cl2N2O4. The van der Waals surface area contributed by atoms with Gasteiger partial charge in [-0.05, 0) is 66.3 Å². The first-order valence-electron chi connectivity index (χ1n) is 13.8. The van der Waals surface area contributed by atoms with Crippen LogP contribution in [0.1, 0.15) is 54.9 Å². The topological polar surface area (TPSA) is 75.7 Å².